The fourth-order valence-corrected chi connectivity index (χ4v) is 8.78. The van der Waals surface area contributed by atoms with Crippen LogP contribution in [0.4, 0.5) is 5.69 Å². The van der Waals surface area contributed by atoms with Crippen LogP contribution in [-0.4, -0.2) is 16.2 Å². The Kier molecular flexibility index (Phi) is 6.18. The Balaban J connectivity index is 1.84. The first-order valence-corrected chi connectivity index (χ1v) is 14.3. The number of nitrogens with zero attached hydrogens (tertiary/aromatic N) is 4. The van der Waals surface area contributed by atoms with E-state index < -0.39 is 0 Å². The summed E-state index contributed by atoms with van der Waals surface area (Å²) < 4.78 is 8.63. The van der Waals surface area contributed by atoms with Gasteiger partial charge in [-0.15, -0.1) is 22.7 Å². The van der Waals surface area contributed by atoms with Crippen molar-refractivity contribution in [2.75, 3.05) is 11.9 Å². The quantitative estimate of drug-likeness (QED) is 0.383. The van der Waals surface area contributed by atoms with E-state index in [1.54, 1.807) is 32.2 Å². The van der Waals surface area contributed by atoms with Gasteiger partial charge in [0, 0.05) is 32.0 Å². The van der Waals surface area contributed by atoms with Gasteiger partial charge in [-0.1, -0.05) is 35.2 Å². The molecule has 6 nitrogen and oxygen atoms in total. The predicted molar refractivity (Wildman–Crippen MR) is 143 cm³/mol. The van der Waals surface area contributed by atoms with Gasteiger partial charge in [0.05, 0.1) is 17.1 Å². The van der Waals surface area contributed by atoms with E-state index in [-0.39, 0.29) is 11.1 Å². The van der Waals surface area contributed by atoms with Crippen molar-refractivity contribution in [3.63, 3.8) is 0 Å². The Bertz CT molecular complexity index is 1750. The van der Waals surface area contributed by atoms with Gasteiger partial charge in [-0.25, -0.2) is 0 Å². The molecule has 0 fully saturated rings. The van der Waals surface area contributed by atoms with Crippen molar-refractivity contribution in [2.45, 2.75) is 38.8 Å². The summed E-state index contributed by atoms with van der Waals surface area (Å²) in [6, 6.07) is 8.16. The molecule has 10 heteroatoms. The monoisotopic (exact) mass is 529 g/mol. The summed E-state index contributed by atoms with van der Waals surface area (Å²) in [6.45, 7) is 7.11. The van der Waals surface area contributed by atoms with Crippen LogP contribution in [0.5, 0.6) is 0 Å². The van der Waals surface area contributed by atoms with Gasteiger partial charge in [0.15, 0.2) is 5.69 Å². The van der Waals surface area contributed by atoms with E-state index in [4.69, 9.17) is 0 Å². The number of para-hydroxylation sites is 1. The third kappa shape index (κ3) is 3.64. The molecule has 4 heterocycles. The van der Waals surface area contributed by atoms with Gasteiger partial charge in [0.2, 0.25) is 0 Å². The highest BCUT2D eigenvalue weighted by atomic mass is 32.2. The highest BCUT2D eigenvalue weighted by Gasteiger charge is 2.24. The van der Waals surface area contributed by atoms with Crippen LogP contribution < -0.4 is 29.8 Å². The van der Waals surface area contributed by atoms with Crippen LogP contribution in [-0.2, 0) is 20.1 Å². The van der Waals surface area contributed by atoms with E-state index in [9.17, 15) is 9.59 Å². The first-order valence-electron chi connectivity index (χ1n) is 11.0. The Hall–Kier alpha value is -2.40. The van der Waals surface area contributed by atoms with Crippen LogP contribution in [0.25, 0.3) is 11.1 Å². The molecule has 1 aliphatic rings. The van der Waals surface area contributed by atoms with Gasteiger partial charge in [0.1, 0.15) is 30.5 Å². The number of hydrogen-bond donors (Lipinski definition) is 0. The topological polar surface area (TPSA) is 51.1 Å². The van der Waals surface area contributed by atoms with E-state index in [0.29, 0.717) is 22.2 Å². The standard InChI is InChI=1S/C24H25N4O2S4/c1-6-27-18(12-17-25(4)14(3)13-31-17)33-20(21(27)29)24-28(7-2)22(30)19(34-24)23-26(5)15-10-8-9-11-16(15)32-23/h8-13H,6-7H2,1-5H3/q+1/b23-19-,24-20-. The van der Waals surface area contributed by atoms with E-state index in [0.717, 1.165) is 29.9 Å². The van der Waals surface area contributed by atoms with E-state index in [2.05, 4.69) is 40.0 Å². The lowest BCUT2D eigenvalue weighted by atomic mass is 10.3. The molecule has 0 saturated carbocycles. The second-order valence-corrected chi connectivity index (χ2v) is 11.9. The fourth-order valence-electron chi connectivity index (χ4n) is 3.98. The molecule has 0 bridgehead atoms. The number of benzene rings is 1. The van der Waals surface area contributed by atoms with Gasteiger partial charge in [-0.3, -0.25) is 18.7 Å². The molecule has 0 aliphatic carbocycles. The summed E-state index contributed by atoms with van der Waals surface area (Å²) >= 11 is 6.17. The summed E-state index contributed by atoms with van der Waals surface area (Å²) in [5, 5.41) is 4.12. The Labute approximate surface area is 212 Å². The SMILES string of the molecule is CCn1c(=O)/c(=C2/Sc3ccccc3N2C)s/c1=c1\s/c(=C/c2scc(C)[n+]2C)n(CC)c1=O. The van der Waals surface area contributed by atoms with E-state index in [1.165, 1.54) is 28.4 Å². The number of hydrogen-bond acceptors (Lipinski definition) is 7. The second-order valence-electron chi connectivity index (χ2n) is 7.96. The molecular formula is C24H25N4O2S4+. The normalized spacial score (nSPS) is 16.5. The smallest absolute Gasteiger partial charge is 0.272 e. The Morgan fingerprint density at radius 2 is 1.71 bits per heavy atom. The molecule has 0 atom stereocenters. The van der Waals surface area contributed by atoms with Crippen LogP contribution in [0.2, 0.25) is 0 Å². The average molecular weight is 530 g/mol. The number of thiazole rings is 3. The van der Waals surface area contributed by atoms with Crippen LogP contribution in [0, 0.1) is 16.1 Å². The molecule has 5 rings (SSSR count). The molecule has 0 N–H and O–H groups in total. The average Bonchev–Trinajstić information content (AvgIpc) is 3.53. The maximum atomic E-state index is 13.5. The summed E-state index contributed by atoms with van der Waals surface area (Å²) in [7, 11) is 4.03. The summed E-state index contributed by atoms with van der Waals surface area (Å²) in [5.74, 6) is 0. The minimum absolute atomic E-state index is 0.0358. The minimum Gasteiger partial charge on any atom is -0.337 e. The highest BCUT2D eigenvalue weighted by molar-refractivity contribution is 8.08. The molecule has 3 aromatic heterocycles. The third-order valence-electron chi connectivity index (χ3n) is 6.01. The van der Waals surface area contributed by atoms with Crippen LogP contribution in [0.3, 0.4) is 0 Å². The maximum Gasteiger partial charge on any atom is 0.272 e. The lowest BCUT2D eigenvalue weighted by Crippen LogP contribution is -2.33. The number of rotatable bonds is 3. The van der Waals surface area contributed by atoms with Crippen molar-refractivity contribution < 1.29 is 4.57 Å². The first-order chi connectivity index (χ1) is 16.3. The number of thioether (sulfide) groups is 1. The van der Waals surface area contributed by atoms with Crippen LogP contribution in [0.15, 0.2) is 44.1 Å². The van der Waals surface area contributed by atoms with Crippen molar-refractivity contribution in [1.29, 1.82) is 0 Å². The summed E-state index contributed by atoms with van der Waals surface area (Å²) in [6.07, 6.45) is 2.08. The largest absolute Gasteiger partial charge is 0.337 e. The van der Waals surface area contributed by atoms with Crippen molar-refractivity contribution in [2.24, 2.45) is 7.05 Å². The molecule has 0 spiro atoms. The van der Waals surface area contributed by atoms with Crippen molar-refractivity contribution in [3.05, 3.63) is 79.4 Å². The fraction of sp³-hybridized carbons (Fsp3) is 0.292. The van der Waals surface area contributed by atoms with Gasteiger partial charge in [-0.2, -0.15) is 4.57 Å². The molecule has 0 unspecified atom stereocenters. The lowest BCUT2D eigenvalue weighted by molar-refractivity contribution is -0.674. The van der Waals surface area contributed by atoms with Crippen LogP contribution >= 0.6 is 45.8 Å². The molecule has 176 valence electrons. The van der Waals surface area contributed by atoms with Crippen molar-refractivity contribution in [1.82, 2.24) is 9.13 Å². The van der Waals surface area contributed by atoms with Crippen molar-refractivity contribution >= 4 is 62.6 Å². The molecule has 4 aromatic rings. The van der Waals surface area contributed by atoms with Gasteiger partial charge in [-0.05, 0) is 26.0 Å². The first kappa shape index (κ1) is 23.3. The zero-order valence-corrected chi connectivity index (χ0v) is 22.9. The van der Waals surface area contributed by atoms with Gasteiger partial charge in [0.25, 0.3) is 16.1 Å². The van der Waals surface area contributed by atoms with Crippen LogP contribution in [0.1, 0.15) is 24.5 Å². The number of aromatic nitrogens is 3. The lowest BCUT2D eigenvalue weighted by Gasteiger charge is -2.11. The molecule has 1 aromatic carbocycles. The molecule has 1 aliphatic heterocycles. The summed E-state index contributed by atoms with van der Waals surface area (Å²) in [4.78, 5) is 30.2. The molecule has 34 heavy (non-hydrogen) atoms. The van der Waals surface area contributed by atoms with Gasteiger partial charge < -0.3 is 4.90 Å². The van der Waals surface area contributed by atoms with E-state index in [1.807, 2.05) is 40.1 Å². The van der Waals surface area contributed by atoms with Gasteiger partial charge >= 0.3 is 0 Å². The third-order valence-corrected chi connectivity index (χ3v) is 10.9. The molecule has 0 radical (unpaired) electrons. The molecular weight excluding hydrogens is 505 g/mol. The van der Waals surface area contributed by atoms with Crippen molar-refractivity contribution in [3.8, 4) is 0 Å². The molecule has 0 saturated heterocycles. The predicted octanol–water partition coefficient (Wildman–Crippen LogP) is 2.79. The minimum atomic E-state index is -0.0367. The zero-order valence-electron chi connectivity index (χ0n) is 19.6. The molecule has 0 amide bonds. The zero-order chi connectivity index (χ0) is 24.1. The number of anilines is 1. The van der Waals surface area contributed by atoms with E-state index >= 15 is 0 Å². The summed E-state index contributed by atoms with van der Waals surface area (Å²) in [5.41, 5.74) is 2.20. The highest BCUT2D eigenvalue weighted by Crippen LogP contribution is 2.45. The number of aryl methyl sites for hydroxylation is 1. The Morgan fingerprint density at radius 1 is 1.00 bits per heavy atom. The second kappa shape index (κ2) is 8.99. The number of fused-ring (bicyclic) bond motifs is 1. The Morgan fingerprint density at radius 3 is 2.35 bits per heavy atom. The maximum absolute atomic E-state index is 13.5.